The number of alkyl halides is 3. The molecule has 6 nitrogen and oxygen atoms in total. The number of hydrogen-bond donors (Lipinski definition) is 0. The smallest absolute Gasteiger partial charge is 0.480 e. The lowest BCUT2D eigenvalue weighted by atomic mass is 9.77. The molecule has 2 rings (SSSR count). The Morgan fingerprint density at radius 2 is 1.77 bits per heavy atom. The molecule has 1 aliphatic heterocycles. The van der Waals surface area contributed by atoms with Gasteiger partial charge in [0.05, 0.1) is 24.9 Å². The maximum atomic E-state index is 13.5. The minimum absolute atomic E-state index is 0.0504. The highest BCUT2D eigenvalue weighted by molar-refractivity contribution is 6.62. The van der Waals surface area contributed by atoms with Gasteiger partial charge in [-0.15, -0.1) is 0 Å². The summed E-state index contributed by atoms with van der Waals surface area (Å²) in [6.07, 6.45) is -4.79. The molecule has 0 N–H and O–H groups in total. The average molecular weight is 375 g/mol. The molecule has 0 aliphatic carbocycles. The van der Waals surface area contributed by atoms with Gasteiger partial charge in [-0.25, -0.2) is 9.78 Å². The molecule has 0 radical (unpaired) electrons. The van der Waals surface area contributed by atoms with Crippen molar-refractivity contribution in [2.24, 2.45) is 0 Å². The van der Waals surface area contributed by atoms with E-state index in [9.17, 15) is 18.0 Å². The Bertz CT molecular complexity index is 690. The van der Waals surface area contributed by atoms with Crippen molar-refractivity contribution < 1.29 is 36.7 Å². The fourth-order valence-electron chi connectivity index (χ4n) is 2.40. The normalized spacial score (nSPS) is 18.7. The first-order valence-corrected chi connectivity index (χ1v) is 8.03. The Morgan fingerprint density at radius 3 is 2.19 bits per heavy atom. The summed E-state index contributed by atoms with van der Waals surface area (Å²) < 4.78 is 61.7. The molecule has 0 atom stereocenters. The molecular formula is C16H21BF3NO5. The predicted molar refractivity (Wildman–Crippen MR) is 87.5 cm³/mol. The number of pyridine rings is 1. The van der Waals surface area contributed by atoms with E-state index in [-0.39, 0.29) is 12.2 Å². The first-order valence-electron chi connectivity index (χ1n) is 8.03. The second-order valence-electron chi connectivity index (χ2n) is 6.79. The summed E-state index contributed by atoms with van der Waals surface area (Å²) in [6, 6.07) is 1.01. The number of aromatic nitrogens is 1. The fraction of sp³-hybridized carbons (Fsp3) is 0.625. The maximum Gasteiger partial charge on any atom is 0.497 e. The summed E-state index contributed by atoms with van der Waals surface area (Å²) in [7, 11) is -0.220. The average Bonchev–Trinajstić information content (AvgIpc) is 2.73. The topological polar surface area (TPSA) is 66.9 Å². The van der Waals surface area contributed by atoms with Gasteiger partial charge in [0.1, 0.15) is 11.3 Å². The van der Waals surface area contributed by atoms with Crippen LogP contribution in [0.5, 0.6) is 5.88 Å². The number of carbonyl (C=O) groups is 1. The molecule has 26 heavy (non-hydrogen) atoms. The molecule has 0 amide bonds. The van der Waals surface area contributed by atoms with E-state index in [0.29, 0.717) is 0 Å². The van der Waals surface area contributed by atoms with E-state index in [1.165, 1.54) is 0 Å². The number of carbonyl (C=O) groups excluding carboxylic acids is 1. The minimum atomic E-state index is -4.79. The summed E-state index contributed by atoms with van der Waals surface area (Å²) >= 11 is 0. The Hall–Kier alpha value is -1.81. The van der Waals surface area contributed by atoms with Gasteiger partial charge in [0, 0.05) is 5.46 Å². The molecule has 1 fully saturated rings. The molecule has 1 aliphatic rings. The monoisotopic (exact) mass is 375 g/mol. The molecule has 1 aromatic heterocycles. The van der Waals surface area contributed by atoms with Gasteiger partial charge >= 0.3 is 19.3 Å². The highest BCUT2D eigenvalue weighted by Crippen LogP contribution is 2.38. The van der Waals surface area contributed by atoms with Crippen LogP contribution in [-0.2, 0) is 20.2 Å². The Balaban J connectivity index is 2.63. The fourth-order valence-corrected chi connectivity index (χ4v) is 2.40. The van der Waals surface area contributed by atoms with Crippen LogP contribution < -0.4 is 10.2 Å². The third kappa shape index (κ3) is 3.66. The van der Waals surface area contributed by atoms with E-state index in [4.69, 9.17) is 18.8 Å². The molecule has 1 saturated heterocycles. The van der Waals surface area contributed by atoms with Gasteiger partial charge in [-0.3, -0.25) is 0 Å². The molecule has 144 valence electrons. The second kappa shape index (κ2) is 6.73. The quantitative estimate of drug-likeness (QED) is 0.596. The number of hydrogen-bond acceptors (Lipinski definition) is 6. The molecule has 0 spiro atoms. The van der Waals surface area contributed by atoms with E-state index in [2.05, 4.69) is 4.98 Å². The van der Waals surface area contributed by atoms with E-state index in [1.807, 2.05) is 0 Å². The number of rotatable bonds is 4. The van der Waals surface area contributed by atoms with E-state index in [1.54, 1.807) is 34.6 Å². The van der Waals surface area contributed by atoms with Crippen molar-refractivity contribution in [2.75, 3.05) is 13.7 Å². The van der Waals surface area contributed by atoms with Crippen molar-refractivity contribution in [1.29, 1.82) is 0 Å². The zero-order valence-electron chi connectivity index (χ0n) is 15.5. The van der Waals surface area contributed by atoms with Gasteiger partial charge < -0.3 is 18.8 Å². The van der Waals surface area contributed by atoms with Crippen LogP contribution in [0.4, 0.5) is 13.2 Å². The van der Waals surface area contributed by atoms with Crippen molar-refractivity contribution in [1.82, 2.24) is 4.98 Å². The SMILES string of the molecule is CCOC(=O)c1cc(B2OC(C)(C)C(C)(C)O2)c(C(F)(F)F)nc1OC. The zero-order chi connectivity index (χ0) is 19.9. The van der Waals surface area contributed by atoms with Crippen LogP contribution in [0.15, 0.2) is 6.07 Å². The van der Waals surface area contributed by atoms with Crippen LogP contribution in [0.2, 0.25) is 0 Å². The largest absolute Gasteiger partial charge is 0.497 e. The molecular weight excluding hydrogens is 354 g/mol. The van der Waals surface area contributed by atoms with Gasteiger partial charge in [-0.2, -0.15) is 13.2 Å². The Kier molecular flexibility index (Phi) is 5.31. The highest BCUT2D eigenvalue weighted by Gasteiger charge is 2.54. The molecule has 1 aromatic rings. The third-order valence-corrected chi connectivity index (χ3v) is 4.48. The van der Waals surface area contributed by atoms with E-state index in [0.717, 1.165) is 13.2 Å². The second-order valence-corrected chi connectivity index (χ2v) is 6.79. The number of nitrogens with zero attached hydrogens (tertiary/aromatic N) is 1. The first kappa shape index (κ1) is 20.5. The summed E-state index contributed by atoms with van der Waals surface area (Å²) in [5.74, 6) is -1.32. The van der Waals surface area contributed by atoms with Gasteiger partial charge in [-0.1, -0.05) is 0 Å². The highest BCUT2D eigenvalue weighted by atomic mass is 19.4. The van der Waals surface area contributed by atoms with Gasteiger partial charge in [0.2, 0.25) is 5.88 Å². The van der Waals surface area contributed by atoms with Crippen molar-refractivity contribution in [3.63, 3.8) is 0 Å². The predicted octanol–water partition coefficient (Wildman–Crippen LogP) is 2.58. The van der Waals surface area contributed by atoms with Crippen LogP contribution in [0.25, 0.3) is 0 Å². The number of ether oxygens (including phenoxy) is 2. The lowest BCUT2D eigenvalue weighted by Crippen LogP contribution is -2.41. The van der Waals surface area contributed by atoms with E-state index < -0.39 is 47.5 Å². The molecule has 0 aromatic carbocycles. The Morgan fingerprint density at radius 1 is 1.23 bits per heavy atom. The van der Waals surface area contributed by atoms with Crippen LogP contribution in [0.3, 0.4) is 0 Å². The lowest BCUT2D eigenvalue weighted by Gasteiger charge is -2.32. The number of methoxy groups -OCH3 is 1. The number of halogens is 3. The van der Waals surface area contributed by atoms with Crippen molar-refractivity contribution in [2.45, 2.75) is 52.0 Å². The Labute approximate surface area is 150 Å². The maximum absolute atomic E-state index is 13.5. The van der Waals surface area contributed by atoms with E-state index >= 15 is 0 Å². The summed E-state index contributed by atoms with van der Waals surface area (Å²) in [6.45, 7) is 8.48. The van der Waals surface area contributed by atoms with Crippen molar-refractivity contribution >= 4 is 18.6 Å². The van der Waals surface area contributed by atoms with Gasteiger partial charge in [0.25, 0.3) is 0 Å². The standard InChI is InChI=1S/C16H21BF3NO5/c1-7-24-13(22)9-8-10(11(16(18,19)20)21-12(9)23-6)17-25-14(2,3)15(4,5)26-17/h8H,7H2,1-6H3. The molecule has 10 heteroatoms. The molecule has 0 bridgehead atoms. The van der Waals surface area contributed by atoms with Gasteiger partial charge in [0.15, 0.2) is 0 Å². The van der Waals surface area contributed by atoms with Crippen LogP contribution in [0.1, 0.15) is 50.7 Å². The van der Waals surface area contributed by atoms with Crippen LogP contribution >= 0.6 is 0 Å². The van der Waals surface area contributed by atoms with Crippen LogP contribution in [-0.4, -0.2) is 43.0 Å². The van der Waals surface area contributed by atoms with Crippen molar-refractivity contribution in [3.8, 4) is 5.88 Å². The van der Waals surface area contributed by atoms with Gasteiger partial charge in [-0.05, 0) is 40.7 Å². The number of esters is 1. The first-order chi connectivity index (χ1) is 11.8. The van der Waals surface area contributed by atoms with Crippen LogP contribution in [0, 0.1) is 0 Å². The molecule has 0 saturated carbocycles. The molecule has 0 unspecified atom stereocenters. The minimum Gasteiger partial charge on any atom is -0.480 e. The summed E-state index contributed by atoms with van der Waals surface area (Å²) in [5, 5.41) is 0. The summed E-state index contributed by atoms with van der Waals surface area (Å²) in [5.41, 5.74) is -3.58. The zero-order valence-corrected chi connectivity index (χ0v) is 15.5. The van der Waals surface area contributed by atoms with Crippen molar-refractivity contribution in [3.05, 3.63) is 17.3 Å². The third-order valence-electron chi connectivity index (χ3n) is 4.48. The molecule has 2 heterocycles. The summed E-state index contributed by atoms with van der Waals surface area (Å²) in [4.78, 5) is 15.6. The lowest BCUT2D eigenvalue weighted by molar-refractivity contribution is -0.140.